The number of aryl methyl sites for hydroxylation is 2. The van der Waals surface area contributed by atoms with Gasteiger partial charge in [0.2, 0.25) is 5.91 Å². The van der Waals surface area contributed by atoms with Gasteiger partial charge in [-0.25, -0.2) is 0 Å². The largest absolute Gasteiger partial charge is 0.385 e. The highest BCUT2D eigenvalue weighted by Crippen LogP contribution is 2.25. The molecule has 1 aliphatic heterocycles. The molecule has 0 spiro atoms. The molecule has 1 aromatic carbocycles. The predicted octanol–water partition coefficient (Wildman–Crippen LogP) is 2.93. The van der Waals surface area contributed by atoms with Crippen molar-refractivity contribution in [2.45, 2.75) is 26.2 Å². The van der Waals surface area contributed by atoms with E-state index in [1.165, 1.54) is 5.56 Å². The Hall–Kier alpha value is -2.36. The van der Waals surface area contributed by atoms with Crippen molar-refractivity contribution in [2.24, 2.45) is 0 Å². The summed E-state index contributed by atoms with van der Waals surface area (Å²) in [7, 11) is 0. The monoisotopic (exact) mass is 281 g/mol. The van der Waals surface area contributed by atoms with Crippen molar-refractivity contribution in [2.75, 3.05) is 17.2 Å². The van der Waals surface area contributed by atoms with E-state index in [0.29, 0.717) is 6.42 Å². The lowest BCUT2D eigenvalue weighted by Gasteiger charge is -2.18. The van der Waals surface area contributed by atoms with E-state index < -0.39 is 0 Å². The quantitative estimate of drug-likeness (QED) is 0.909. The number of pyridine rings is 1. The smallest absolute Gasteiger partial charge is 0.230 e. The van der Waals surface area contributed by atoms with Crippen LogP contribution in [0.25, 0.3) is 0 Å². The molecule has 108 valence electrons. The number of nitrogens with zero attached hydrogens (tertiary/aromatic N) is 1. The molecule has 21 heavy (non-hydrogen) atoms. The van der Waals surface area contributed by atoms with Crippen molar-refractivity contribution in [1.29, 1.82) is 0 Å². The average Bonchev–Trinajstić information content (AvgIpc) is 2.49. The van der Waals surface area contributed by atoms with Crippen LogP contribution in [-0.2, 0) is 17.6 Å². The van der Waals surface area contributed by atoms with Gasteiger partial charge in [0.15, 0.2) is 0 Å². The topological polar surface area (TPSA) is 54.0 Å². The molecule has 0 bridgehead atoms. The molecule has 4 heteroatoms. The number of carbonyl (C=O) groups excluding carboxylic acids is 1. The molecule has 0 saturated carbocycles. The number of hydrogen-bond donors (Lipinski definition) is 2. The minimum atomic E-state index is -0.0347. The zero-order chi connectivity index (χ0) is 14.7. The number of nitrogens with one attached hydrogen (secondary N) is 2. The molecule has 0 radical (unpaired) electrons. The van der Waals surface area contributed by atoms with Crippen molar-refractivity contribution < 1.29 is 4.79 Å². The summed E-state index contributed by atoms with van der Waals surface area (Å²) in [5, 5.41) is 6.32. The van der Waals surface area contributed by atoms with E-state index in [-0.39, 0.29) is 5.91 Å². The van der Waals surface area contributed by atoms with Gasteiger partial charge < -0.3 is 10.6 Å². The molecular weight excluding hydrogens is 262 g/mol. The first-order valence-corrected chi connectivity index (χ1v) is 7.29. The molecule has 2 aromatic rings. The fourth-order valence-corrected chi connectivity index (χ4v) is 2.60. The molecule has 4 nitrogen and oxygen atoms in total. The Morgan fingerprint density at radius 3 is 3.14 bits per heavy atom. The lowest BCUT2D eigenvalue weighted by atomic mass is 10.0. The van der Waals surface area contributed by atoms with Crippen LogP contribution in [0.1, 0.15) is 23.2 Å². The normalized spacial score (nSPS) is 13.2. The maximum atomic E-state index is 12.1. The zero-order valence-electron chi connectivity index (χ0n) is 12.1. The Labute approximate surface area is 124 Å². The third-order valence-electron chi connectivity index (χ3n) is 3.78. The van der Waals surface area contributed by atoms with E-state index in [0.717, 1.165) is 42.0 Å². The number of rotatable bonds is 3. The minimum absolute atomic E-state index is 0.0347. The number of amides is 1. The first-order chi connectivity index (χ1) is 10.2. The van der Waals surface area contributed by atoms with Gasteiger partial charge in [-0.05, 0) is 49.1 Å². The second-order valence-corrected chi connectivity index (χ2v) is 5.39. The molecule has 3 rings (SSSR count). The number of fused-ring (bicyclic) bond motifs is 1. The van der Waals surface area contributed by atoms with Gasteiger partial charge >= 0.3 is 0 Å². The van der Waals surface area contributed by atoms with Gasteiger partial charge in [0.1, 0.15) is 0 Å². The summed E-state index contributed by atoms with van der Waals surface area (Å²) < 4.78 is 0. The minimum Gasteiger partial charge on any atom is -0.385 e. The predicted molar refractivity (Wildman–Crippen MR) is 84.6 cm³/mol. The van der Waals surface area contributed by atoms with Crippen LogP contribution in [0.2, 0.25) is 0 Å². The van der Waals surface area contributed by atoms with Crippen LogP contribution in [0.3, 0.4) is 0 Å². The number of hydrogen-bond acceptors (Lipinski definition) is 3. The molecule has 0 unspecified atom stereocenters. The van der Waals surface area contributed by atoms with Gasteiger partial charge in [0, 0.05) is 24.1 Å². The van der Waals surface area contributed by atoms with Crippen molar-refractivity contribution in [1.82, 2.24) is 4.98 Å². The Morgan fingerprint density at radius 2 is 2.29 bits per heavy atom. The van der Waals surface area contributed by atoms with E-state index in [2.05, 4.69) is 21.7 Å². The Morgan fingerprint density at radius 1 is 1.38 bits per heavy atom. The molecule has 0 fully saturated rings. The Bertz CT molecular complexity index is 667. The van der Waals surface area contributed by atoms with Crippen LogP contribution in [0.5, 0.6) is 0 Å². The van der Waals surface area contributed by atoms with E-state index >= 15 is 0 Å². The third kappa shape index (κ3) is 3.21. The number of carbonyl (C=O) groups is 1. The molecular formula is C17H19N3O. The summed E-state index contributed by atoms with van der Waals surface area (Å²) in [4.78, 5) is 16.4. The van der Waals surface area contributed by atoms with Gasteiger partial charge in [0.05, 0.1) is 12.1 Å². The second kappa shape index (κ2) is 5.95. The lowest BCUT2D eigenvalue weighted by Crippen LogP contribution is -2.17. The first kappa shape index (κ1) is 13.6. The second-order valence-electron chi connectivity index (χ2n) is 5.39. The number of aromatic nitrogens is 1. The summed E-state index contributed by atoms with van der Waals surface area (Å²) in [5.41, 5.74) is 5.15. The number of benzene rings is 1. The standard InChI is InChI=1S/C17H19N3O/c1-12-4-2-8-18-15(12)11-17(21)20-14-7-6-13-5-3-9-19-16(13)10-14/h2,4,6-8,10,19H,3,5,9,11H2,1H3,(H,20,21). The van der Waals surface area contributed by atoms with Crippen molar-refractivity contribution in [3.8, 4) is 0 Å². The fraction of sp³-hybridized carbons (Fsp3) is 0.294. The molecule has 1 aliphatic rings. The van der Waals surface area contributed by atoms with Crippen LogP contribution in [0, 0.1) is 6.92 Å². The van der Waals surface area contributed by atoms with Crippen LogP contribution in [0.4, 0.5) is 11.4 Å². The summed E-state index contributed by atoms with van der Waals surface area (Å²) in [5.74, 6) is -0.0347. The van der Waals surface area contributed by atoms with Gasteiger partial charge in [-0.2, -0.15) is 0 Å². The first-order valence-electron chi connectivity index (χ1n) is 7.29. The highest BCUT2D eigenvalue weighted by molar-refractivity contribution is 5.92. The van der Waals surface area contributed by atoms with Gasteiger partial charge in [-0.3, -0.25) is 9.78 Å². The summed E-state index contributed by atoms with van der Waals surface area (Å²) in [6.07, 6.45) is 4.29. The fourth-order valence-electron chi connectivity index (χ4n) is 2.60. The SMILES string of the molecule is Cc1cccnc1CC(=O)Nc1ccc2c(c1)NCCC2. The highest BCUT2D eigenvalue weighted by atomic mass is 16.1. The average molecular weight is 281 g/mol. The van der Waals surface area contributed by atoms with E-state index in [9.17, 15) is 4.79 Å². The molecule has 0 saturated heterocycles. The molecule has 0 atom stereocenters. The summed E-state index contributed by atoms with van der Waals surface area (Å²) in [6, 6.07) is 9.92. The molecule has 2 heterocycles. The Kier molecular flexibility index (Phi) is 3.86. The van der Waals surface area contributed by atoms with Gasteiger partial charge in [-0.15, -0.1) is 0 Å². The maximum Gasteiger partial charge on any atom is 0.230 e. The van der Waals surface area contributed by atoms with Crippen LogP contribution in [-0.4, -0.2) is 17.4 Å². The van der Waals surface area contributed by atoms with Crippen LogP contribution >= 0.6 is 0 Å². The maximum absolute atomic E-state index is 12.1. The lowest BCUT2D eigenvalue weighted by molar-refractivity contribution is -0.115. The zero-order valence-corrected chi connectivity index (χ0v) is 12.1. The molecule has 1 aromatic heterocycles. The molecule has 1 amide bonds. The van der Waals surface area contributed by atoms with Crippen molar-refractivity contribution in [3.63, 3.8) is 0 Å². The van der Waals surface area contributed by atoms with Crippen LogP contribution < -0.4 is 10.6 Å². The highest BCUT2D eigenvalue weighted by Gasteiger charge is 2.11. The Balaban J connectivity index is 1.69. The van der Waals surface area contributed by atoms with Crippen LogP contribution in [0.15, 0.2) is 36.5 Å². The summed E-state index contributed by atoms with van der Waals surface area (Å²) in [6.45, 7) is 2.97. The van der Waals surface area contributed by atoms with E-state index in [4.69, 9.17) is 0 Å². The van der Waals surface area contributed by atoms with E-state index in [1.807, 2.05) is 31.2 Å². The summed E-state index contributed by atoms with van der Waals surface area (Å²) >= 11 is 0. The third-order valence-corrected chi connectivity index (χ3v) is 3.78. The van der Waals surface area contributed by atoms with Crippen molar-refractivity contribution in [3.05, 3.63) is 53.3 Å². The van der Waals surface area contributed by atoms with Gasteiger partial charge in [0.25, 0.3) is 0 Å². The number of anilines is 2. The molecule has 2 N–H and O–H groups in total. The van der Waals surface area contributed by atoms with E-state index in [1.54, 1.807) is 6.20 Å². The van der Waals surface area contributed by atoms with Crippen molar-refractivity contribution >= 4 is 17.3 Å². The van der Waals surface area contributed by atoms with Gasteiger partial charge in [-0.1, -0.05) is 12.1 Å². The molecule has 0 aliphatic carbocycles.